The fraction of sp³-hybridized carbons (Fsp3) is 0.154. The van der Waals surface area contributed by atoms with Gasteiger partial charge in [0.1, 0.15) is 5.75 Å². The molecule has 0 aliphatic heterocycles. The van der Waals surface area contributed by atoms with E-state index in [4.69, 9.17) is 10.5 Å². The number of nitrogens with zero attached hydrogens (tertiary/aromatic N) is 1. The Morgan fingerprint density at radius 1 is 1.11 bits per heavy atom. The zero-order valence-corrected chi connectivity index (χ0v) is 11.4. The van der Waals surface area contributed by atoms with Gasteiger partial charge < -0.3 is 10.5 Å². The fourth-order valence-electron chi connectivity index (χ4n) is 1.48. The molecular formula is C13H14N2O3S. The molecule has 0 bridgehead atoms. The molecule has 2 aromatic rings. The number of hydrogen-bond acceptors (Lipinski definition) is 5. The Kier molecular flexibility index (Phi) is 3.44. The van der Waals surface area contributed by atoms with E-state index in [1.54, 1.807) is 31.2 Å². The average molecular weight is 278 g/mol. The van der Waals surface area contributed by atoms with Gasteiger partial charge in [0.25, 0.3) is 0 Å². The molecule has 1 aromatic heterocycles. The van der Waals surface area contributed by atoms with Crippen LogP contribution < -0.4 is 10.5 Å². The van der Waals surface area contributed by atoms with Crippen LogP contribution in [-0.2, 0) is 9.84 Å². The largest absolute Gasteiger partial charge is 0.439 e. The number of pyridine rings is 1. The third-order valence-electron chi connectivity index (χ3n) is 2.58. The molecule has 2 rings (SSSR count). The molecule has 0 spiro atoms. The van der Waals surface area contributed by atoms with Gasteiger partial charge in [-0.3, -0.25) is 0 Å². The summed E-state index contributed by atoms with van der Waals surface area (Å²) >= 11 is 0. The molecule has 0 fully saturated rings. The highest BCUT2D eigenvalue weighted by molar-refractivity contribution is 7.90. The van der Waals surface area contributed by atoms with Crippen LogP contribution in [0.2, 0.25) is 0 Å². The van der Waals surface area contributed by atoms with E-state index in [0.717, 1.165) is 6.26 Å². The van der Waals surface area contributed by atoms with E-state index < -0.39 is 9.84 Å². The summed E-state index contributed by atoms with van der Waals surface area (Å²) < 4.78 is 28.2. The molecule has 0 radical (unpaired) electrons. The van der Waals surface area contributed by atoms with Crippen molar-refractivity contribution >= 4 is 15.5 Å². The minimum atomic E-state index is -3.19. The van der Waals surface area contributed by atoms with Crippen LogP contribution in [0.4, 0.5) is 5.69 Å². The summed E-state index contributed by atoms with van der Waals surface area (Å²) in [5.41, 5.74) is 6.95. The SMILES string of the molecule is Cc1nc(Oc2ccc(S(C)(=O)=O)cc2)ccc1N. The number of rotatable bonds is 3. The lowest BCUT2D eigenvalue weighted by Crippen LogP contribution is -1.97. The number of nitrogen functional groups attached to an aromatic ring is 1. The van der Waals surface area contributed by atoms with Gasteiger partial charge in [-0.15, -0.1) is 0 Å². The van der Waals surface area contributed by atoms with E-state index in [9.17, 15) is 8.42 Å². The summed E-state index contributed by atoms with van der Waals surface area (Å²) in [6.45, 7) is 1.79. The van der Waals surface area contributed by atoms with Crippen molar-refractivity contribution in [1.29, 1.82) is 0 Å². The van der Waals surface area contributed by atoms with Crippen molar-refractivity contribution in [3.63, 3.8) is 0 Å². The number of aromatic nitrogens is 1. The molecule has 100 valence electrons. The summed E-state index contributed by atoms with van der Waals surface area (Å²) in [5.74, 6) is 0.933. The second-order valence-electron chi connectivity index (χ2n) is 4.17. The van der Waals surface area contributed by atoms with Crippen molar-refractivity contribution in [2.24, 2.45) is 0 Å². The number of ether oxygens (including phenoxy) is 1. The maximum atomic E-state index is 11.3. The Morgan fingerprint density at radius 2 is 1.74 bits per heavy atom. The first-order valence-electron chi connectivity index (χ1n) is 5.57. The lowest BCUT2D eigenvalue weighted by atomic mass is 10.3. The normalized spacial score (nSPS) is 11.3. The van der Waals surface area contributed by atoms with Crippen LogP contribution >= 0.6 is 0 Å². The molecule has 1 aromatic carbocycles. The zero-order chi connectivity index (χ0) is 14.0. The first kappa shape index (κ1) is 13.4. The molecule has 1 heterocycles. The van der Waals surface area contributed by atoms with Gasteiger partial charge in [0.15, 0.2) is 9.84 Å². The second kappa shape index (κ2) is 4.89. The quantitative estimate of drug-likeness (QED) is 0.930. The maximum absolute atomic E-state index is 11.3. The van der Waals surface area contributed by atoms with Crippen molar-refractivity contribution < 1.29 is 13.2 Å². The number of aryl methyl sites for hydroxylation is 1. The minimum Gasteiger partial charge on any atom is -0.439 e. The van der Waals surface area contributed by atoms with Crippen molar-refractivity contribution in [3.05, 3.63) is 42.1 Å². The minimum absolute atomic E-state index is 0.251. The number of benzene rings is 1. The Labute approximate surface area is 112 Å². The van der Waals surface area contributed by atoms with E-state index >= 15 is 0 Å². The van der Waals surface area contributed by atoms with Gasteiger partial charge in [0.2, 0.25) is 5.88 Å². The van der Waals surface area contributed by atoms with E-state index in [1.165, 1.54) is 12.1 Å². The highest BCUT2D eigenvalue weighted by Gasteiger charge is 2.07. The van der Waals surface area contributed by atoms with E-state index in [0.29, 0.717) is 23.0 Å². The number of nitrogens with two attached hydrogens (primary N) is 1. The van der Waals surface area contributed by atoms with Crippen LogP contribution in [0.1, 0.15) is 5.69 Å². The smallest absolute Gasteiger partial charge is 0.219 e. The Hall–Kier alpha value is -2.08. The third-order valence-corrected chi connectivity index (χ3v) is 3.70. The number of hydrogen-bond donors (Lipinski definition) is 1. The Morgan fingerprint density at radius 3 is 2.26 bits per heavy atom. The summed E-state index contributed by atoms with van der Waals surface area (Å²) in [7, 11) is -3.19. The second-order valence-corrected chi connectivity index (χ2v) is 6.19. The number of anilines is 1. The van der Waals surface area contributed by atoms with Crippen LogP contribution in [0.3, 0.4) is 0 Å². The molecule has 0 saturated carbocycles. The lowest BCUT2D eigenvalue weighted by Gasteiger charge is -2.07. The maximum Gasteiger partial charge on any atom is 0.219 e. The molecule has 0 atom stereocenters. The van der Waals surface area contributed by atoms with Gasteiger partial charge in [-0.25, -0.2) is 13.4 Å². The first-order chi connectivity index (χ1) is 8.86. The van der Waals surface area contributed by atoms with E-state index in [1.807, 2.05) is 0 Å². The van der Waals surface area contributed by atoms with Crippen molar-refractivity contribution in [3.8, 4) is 11.6 Å². The summed E-state index contributed by atoms with van der Waals surface area (Å²) in [4.78, 5) is 4.42. The molecule has 19 heavy (non-hydrogen) atoms. The van der Waals surface area contributed by atoms with Crippen LogP contribution in [0.15, 0.2) is 41.3 Å². The summed E-state index contributed by atoms with van der Waals surface area (Å²) in [6, 6.07) is 9.53. The molecule has 0 unspecified atom stereocenters. The van der Waals surface area contributed by atoms with Crippen LogP contribution in [0.25, 0.3) is 0 Å². The van der Waals surface area contributed by atoms with Gasteiger partial charge in [-0.05, 0) is 37.3 Å². The zero-order valence-electron chi connectivity index (χ0n) is 10.6. The highest BCUT2D eigenvalue weighted by atomic mass is 32.2. The van der Waals surface area contributed by atoms with Crippen LogP contribution in [0, 0.1) is 6.92 Å². The molecule has 0 amide bonds. The van der Waals surface area contributed by atoms with Crippen molar-refractivity contribution in [2.75, 3.05) is 12.0 Å². The van der Waals surface area contributed by atoms with Crippen molar-refractivity contribution in [1.82, 2.24) is 4.98 Å². The van der Waals surface area contributed by atoms with Crippen LogP contribution in [-0.4, -0.2) is 19.7 Å². The summed E-state index contributed by atoms with van der Waals surface area (Å²) in [6.07, 6.45) is 1.16. The molecular weight excluding hydrogens is 264 g/mol. The molecule has 6 heteroatoms. The predicted molar refractivity (Wildman–Crippen MR) is 73.0 cm³/mol. The predicted octanol–water partition coefficient (Wildman–Crippen LogP) is 2.17. The molecule has 0 saturated heterocycles. The monoisotopic (exact) mass is 278 g/mol. The highest BCUT2D eigenvalue weighted by Crippen LogP contribution is 2.22. The Balaban J connectivity index is 2.22. The molecule has 0 aliphatic rings. The van der Waals surface area contributed by atoms with Gasteiger partial charge in [0, 0.05) is 12.3 Å². The third kappa shape index (κ3) is 3.23. The van der Waals surface area contributed by atoms with Gasteiger partial charge >= 0.3 is 0 Å². The topological polar surface area (TPSA) is 82.3 Å². The molecule has 5 nitrogen and oxygen atoms in total. The standard InChI is InChI=1S/C13H14N2O3S/c1-9-12(14)7-8-13(15-9)18-10-3-5-11(6-4-10)19(2,16)17/h3-8H,14H2,1-2H3. The first-order valence-corrected chi connectivity index (χ1v) is 7.46. The fourth-order valence-corrected chi connectivity index (χ4v) is 2.11. The van der Waals surface area contributed by atoms with Crippen LogP contribution in [0.5, 0.6) is 11.6 Å². The van der Waals surface area contributed by atoms with Crippen molar-refractivity contribution in [2.45, 2.75) is 11.8 Å². The molecule has 0 aliphatic carbocycles. The summed E-state index contributed by atoms with van der Waals surface area (Å²) in [5, 5.41) is 0. The van der Waals surface area contributed by atoms with E-state index in [2.05, 4.69) is 4.98 Å². The Bertz CT molecular complexity index is 694. The average Bonchev–Trinajstić information content (AvgIpc) is 2.33. The van der Waals surface area contributed by atoms with Gasteiger partial charge in [-0.1, -0.05) is 0 Å². The van der Waals surface area contributed by atoms with E-state index in [-0.39, 0.29) is 4.90 Å². The van der Waals surface area contributed by atoms with Gasteiger partial charge in [0.05, 0.1) is 16.3 Å². The molecule has 2 N–H and O–H groups in total. The lowest BCUT2D eigenvalue weighted by molar-refractivity contribution is 0.461. The number of sulfone groups is 1. The van der Waals surface area contributed by atoms with Gasteiger partial charge in [-0.2, -0.15) is 0 Å².